The van der Waals surface area contributed by atoms with E-state index in [1.165, 1.54) is 4.88 Å². The fraction of sp³-hybridized carbons (Fsp3) is 0.200. The lowest BCUT2D eigenvalue weighted by atomic mass is 10.5. The Balaban J connectivity index is 3.04. The molecule has 1 aromatic heterocycles. The molecule has 0 bridgehead atoms. The molecule has 1 aromatic rings. The first-order valence-electron chi connectivity index (χ1n) is 2.04. The van der Waals surface area contributed by atoms with Gasteiger partial charge in [0, 0.05) is 4.88 Å². The van der Waals surface area contributed by atoms with E-state index in [2.05, 4.69) is 25.6 Å². The Hall–Kier alpha value is 0.0500. The third-order valence-corrected chi connectivity index (χ3v) is 1.95. The van der Waals surface area contributed by atoms with Gasteiger partial charge < -0.3 is 0 Å². The van der Waals surface area contributed by atoms with Gasteiger partial charge >= 0.3 is 0 Å². The maximum Gasteiger partial charge on any atom is 0.0570 e. The van der Waals surface area contributed by atoms with Crippen molar-refractivity contribution in [2.24, 2.45) is 0 Å². The Bertz CT molecular complexity index is 138. The number of thiophene rings is 1. The SMILES string of the molecule is Cc1ccc(S)s1. The molecule has 0 N–H and O–H groups in total. The molecule has 0 unspecified atom stereocenters. The number of aryl methyl sites for hydroxylation is 1. The zero-order valence-electron chi connectivity index (χ0n) is 4.01. The molecular formula is C5H6S2. The molecule has 38 valence electrons. The van der Waals surface area contributed by atoms with E-state index < -0.39 is 0 Å². The van der Waals surface area contributed by atoms with Gasteiger partial charge in [-0.15, -0.1) is 24.0 Å². The minimum atomic E-state index is 1.09. The molecule has 0 amide bonds. The molecule has 0 aromatic carbocycles. The van der Waals surface area contributed by atoms with Crippen molar-refractivity contribution in [1.29, 1.82) is 0 Å². The summed E-state index contributed by atoms with van der Waals surface area (Å²) in [5.41, 5.74) is 0. The minimum absolute atomic E-state index is 1.09. The molecule has 0 aliphatic carbocycles. The number of thiol groups is 1. The van der Waals surface area contributed by atoms with Gasteiger partial charge in [-0.25, -0.2) is 0 Å². The van der Waals surface area contributed by atoms with Gasteiger partial charge in [0.2, 0.25) is 0 Å². The van der Waals surface area contributed by atoms with E-state index in [1.807, 2.05) is 6.07 Å². The molecular weight excluding hydrogens is 124 g/mol. The highest BCUT2D eigenvalue weighted by molar-refractivity contribution is 7.82. The van der Waals surface area contributed by atoms with Gasteiger partial charge in [0.25, 0.3) is 0 Å². The van der Waals surface area contributed by atoms with Crippen LogP contribution < -0.4 is 0 Å². The summed E-state index contributed by atoms with van der Waals surface area (Å²) in [5, 5.41) is 0. The van der Waals surface area contributed by atoms with Crippen molar-refractivity contribution in [2.45, 2.75) is 11.1 Å². The second-order valence-corrected chi connectivity index (χ2v) is 3.46. The summed E-state index contributed by atoms with van der Waals surface area (Å²) in [6.07, 6.45) is 0. The fourth-order valence-electron chi connectivity index (χ4n) is 0.422. The summed E-state index contributed by atoms with van der Waals surface area (Å²) in [7, 11) is 0. The first-order chi connectivity index (χ1) is 3.29. The second kappa shape index (κ2) is 1.88. The van der Waals surface area contributed by atoms with Crippen LogP contribution in [0.3, 0.4) is 0 Å². The van der Waals surface area contributed by atoms with Crippen LogP contribution in [0.15, 0.2) is 16.3 Å². The summed E-state index contributed by atoms with van der Waals surface area (Å²) in [4.78, 5) is 1.32. The first kappa shape index (κ1) is 5.19. The van der Waals surface area contributed by atoms with Gasteiger partial charge in [0.05, 0.1) is 4.21 Å². The Kier molecular flexibility index (Phi) is 1.40. The third-order valence-electron chi connectivity index (χ3n) is 0.726. The minimum Gasteiger partial charge on any atom is -0.135 e. The van der Waals surface area contributed by atoms with Crippen LogP contribution >= 0.6 is 24.0 Å². The highest BCUT2D eigenvalue weighted by atomic mass is 32.2. The van der Waals surface area contributed by atoms with Crippen LogP contribution in [0.2, 0.25) is 0 Å². The van der Waals surface area contributed by atoms with Crippen molar-refractivity contribution in [2.75, 3.05) is 0 Å². The maximum atomic E-state index is 4.12. The molecule has 0 spiro atoms. The largest absolute Gasteiger partial charge is 0.135 e. The predicted molar refractivity (Wildman–Crippen MR) is 36.3 cm³/mol. The van der Waals surface area contributed by atoms with E-state index in [4.69, 9.17) is 0 Å². The monoisotopic (exact) mass is 130 g/mol. The molecule has 0 radical (unpaired) electrons. The van der Waals surface area contributed by atoms with Gasteiger partial charge in [-0.3, -0.25) is 0 Å². The molecule has 0 aliphatic heterocycles. The Morgan fingerprint density at radius 3 is 2.43 bits per heavy atom. The standard InChI is InChI=1S/C5H6S2/c1-4-2-3-5(6)7-4/h2-3,6H,1H3. The molecule has 0 saturated heterocycles. The van der Waals surface area contributed by atoms with E-state index in [1.54, 1.807) is 11.3 Å². The maximum absolute atomic E-state index is 4.12. The highest BCUT2D eigenvalue weighted by Gasteiger charge is 1.85. The first-order valence-corrected chi connectivity index (χ1v) is 3.31. The van der Waals surface area contributed by atoms with Gasteiger partial charge in [-0.05, 0) is 19.1 Å². The molecule has 0 saturated carbocycles. The van der Waals surface area contributed by atoms with Crippen molar-refractivity contribution in [3.8, 4) is 0 Å². The van der Waals surface area contributed by atoms with Crippen molar-refractivity contribution in [3.63, 3.8) is 0 Å². The van der Waals surface area contributed by atoms with E-state index in [0.717, 1.165) is 4.21 Å². The molecule has 0 nitrogen and oxygen atoms in total. The van der Waals surface area contributed by atoms with E-state index >= 15 is 0 Å². The van der Waals surface area contributed by atoms with Crippen LogP contribution in [-0.2, 0) is 0 Å². The van der Waals surface area contributed by atoms with E-state index in [9.17, 15) is 0 Å². The average Bonchev–Trinajstić information content (AvgIpc) is 1.87. The van der Waals surface area contributed by atoms with Crippen LogP contribution in [0.1, 0.15) is 4.88 Å². The lowest BCUT2D eigenvalue weighted by molar-refractivity contribution is 1.63. The van der Waals surface area contributed by atoms with Crippen molar-refractivity contribution in [3.05, 3.63) is 17.0 Å². The van der Waals surface area contributed by atoms with Gasteiger partial charge in [-0.2, -0.15) is 0 Å². The van der Waals surface area contributed by atoms with Gasteiger partial charge in [0.15, 0.2) is 0 Å². The molecule has 1 heterocycles. The summed E-state index contributed by atoms with van der Waals surface area (Å²) >= 11 is 5.83. The topological polar surface area (TPSA) is 0 Å². The smallest absolute Gasteiger partial charge is 0.0570 e. The highest BCUT2D eigenvalue weighted by Crippen LogP contribution is 2.17. The lowest BCUT2D eigenvalue weighted by Gasteiger charge is -1.70. The molecule has 2 heteroatoms. The molecule has 0 aliphatic rings. The quantitative estimate of drug-likeness (QED) is 0.512. The van der Waals surface area contributed by atoms with E-state index in [-0.39, 0.29) is 0 Å². The summed E-state index contributed by atoms with van der Waals surface area (Å²) in [6, 6.07) is 4.07. The van der Waals surface area contributed by atoms with Crippen LogP contribution in [0.5, 0.6) is 0 Å². The molecule has 0 fully saturated rings. The fourth-order valence-corrected chi connectivity index (χ4v) is 1.53. The zero-order valence-corrected chi connectivity index (χ0v) is 5.72. The Morgan fingerprint density at radius 2 is 2.29 bits per heavy atom. The second-order valence-electron chi connectivity index (χ2n) is 1.38. The van der Waals surface area contributed by atoms with Crippen molar-refractivity contribution in [1.82, 2.24) is 0 Å². The lowest BCUT2D eigenvalue weighted by Crippen LogP contribution is -1.43. The Labute approximate surface area is 52.6 Å². The molecule has 1 rings (SSSR count). The van der Waals surface area contributed by atoms with Crippen LogP contribution in [0.4, 0.5) is 0 Å². The predicted octanol–water partition coefficient (Wildman–Crippen LogP) is 2.35. The van der Waals surface area contributed by atoms with Crippen molar-refractivity contribution >= 4 is 24.0 Å². The number of rotatable bonds is 0. The summed E-state index contributed by atoms with van der Waals surface area (Å²) in [6.45, 7) is 2.07. The molecule has 0 atom stereocenters. The van der Waals surface area contributed by atoms with Crippen molar-refractivity contribution < 1.29 is 0 Å². The van der Waals surface area contributed by atoms with Crippen LogP contribution in [0.25, 0.3) is 0 Å². The summed E-state index contributed by atoms with van der Waals surface area (Å²) in [5.74, 6) is 0. The molecule has 7 heavy (non-hydrogen) atoms. The number of hydrogen-bond acceptors (Lipinski definition) is 2. The van der Waals surface area contributed by atoms with Gasteiger partial charge in [0.1, 0.15) is 0 Å². The van der Waals surface area contributed by atoms with Crippen LogP contribution in [-0.4, -0.2) is 0 Å². The normalized spacial score (nSPS) is 9.43. The van der Waals surface area contributed by atoms with E-state index in [0.29, 0.717) is 0 Å². The average molecular weight is 130 g/mol. The zero-order chi connectivity index (χ0) is 5.28. The van der Waals surface area contributed by atoms with Crippen LogP contribution in [0, 0.1) is 6.92 Å². The third kappa shape index (κ3) is 1.21. The summed E-state index contributed by atoms with van der Waals surface area (Å²) < 4.78 is 1.09. The number of hydrogen-bond donors (Lipinski definition) is 1. The Morgan fingerprint density at radius 1 is 1.57 bits per heavy atom. The van der Waals surface area contributed by atoms with Gasteiger partial charge in [-0.1, -0.05) is 0 Å².